The fraction of sp³-hybridized carbons (Fsp3) is 0.438. The molecule has 0 saturated heterocycles. The molecular formula is C16H21ClFN3. The fourth-order valence-electron chi connectivity index (χ4n) is 2.52. The number of nitrogens with one attached hydrogen (secondary N) is 1. The molecule has 1 N–H and O–H groups in total. The number of hydrogen-bond donors (Lipinski definition) is 1. The van der Waals surface area contributed by atoms with Crippen molar-refractivity contribution >= 4 is 11.6 Å². The van der Waals surface area contributed by atoms with Crippen molar-refractivity contribution in [2.45, 2.75) is 39.3 Å². The number of benzene rings is 1. The highest BCUT2D eigenvalue weighted by molar-refractivity contribution is 6.31. The lowest BCUT2D eigenvalue weighted by molar-refractivity contribution is 0.518. The van der Waals surface area contributed by atoms with Gasteiger partial charge in [0.25, 0.3) is 0 Å². The molecule has 0 saturated carbocycles. The Morgan fingerprint density at radius 1 is 1.38 bits per heavy atom. The Kier molecular flexibility index (Phi) is 5.37. The van der Waals surface area contributed by atoms with E-state index in [2.05, 4.69) is 10.4 Å². The number of halogens is 2. The van der Waals surface area contributed by atoms with Gasteiger partial charge in [0.15, 0.2) is 0 Å². The van der Waals surface area contributed by atoms with Crippen molar-refractivity contribution in [1.29, 1.82) is 0 Å². The van der Waals surface area contributed by atoms with E-state index < -0.39 is 0 Å². The highest BCUT2D eigenvalue weighted by Gasteiger charge is 2.17. The van der Waals surface area contributed by atoms with Gasteiger partial charge in [-0.1, -0.05) is 23.7 Å². The summed E-state index contributed by atoms with van der Waals surface area (Å²) in [5.74, 6) is -0.199. The number of nitrogens with zero attached hydrogens (tertiary/aromatic N) is 2. The summed E-state index contributed by atoms with van der Waals surface area (Å²) in [5.41, 5.74) is 2.87. The molecule has 1 aromatic carbocycles. The van der Waals surface area contributed by atoms with Crippen LogP contribution in [0.25, 0.3) is 0 Å². The van der Waals surface area contributed by atoms with Gasteiger partial charge in [0.1, 0.15) is 5.82 Å². The molecule has 2 aromatic rings. The smallest absolute Gasteiger partial charge is 0.123 e. The lowest BCUT2D eigenvalue weighted by Gasteiger charge is -2.17. The largest absolute Gasteiger partial charge is 0.316 e. The molecule has 1 unspecified atom stereocenters. The number of likely N-dealkylation sites (N-methyl/N-ethyl adjacent to an activating group) is 1. The van der Waals surface area contributed by atoms with Crippen molar-refractivity contribution in [2.75, 3.05) is 7.05 Å². The van der Waals surface area contributed by atoms with Gasteiger partial charge >= 0.3 is 0 Å². The Balaban J connectivity index is 2.16. The van der Waals surface area contributed by atoms with E-state index in [1.54, 1.807) is 12.1 Å². The molecule has 0 aliphatic carbocycles. The quantitative estimate of drug-likeness (QED) is 0.886. The third-order valence-corrected chi connectivity index (χ3v) is 4.16. The maximum atomic E-state index is 13.3. The van der Waals surface area contributed by atoms with Crippen LogP contribution in [0.5, 0.6) is 0 Å². The standard InChI is InChI=1S/C16H21ClFN3/c1-4-21-15(16(17)11(2)20-21)10-14(19-3)9-12-6-5-7-13(18)8-12/h5-8,14,19H,4,9-10H2,1-3H3. The van der Waals surface area contributed by atoms with Gasteiger partial charge in [0, 0.05) is 19.0 Å². The van der Waals surface area contributed by atoms with Crippen molar-refractivity contribution in [3.8, 4) is 0 Å². The molecule has 0 amide bonds. The first-order valence-corrected chi connectivity index (χ1v) is 7.56. The second-order valence-corrected chi connectivity index (χ2v) is 5.56. The molecule has 1 heterocycles. The van der Waals surface area contributed by atoms with Gasteiger partial charge in [-0.25, -0.2) is 4.39 Å². The van der Waals surface area contributed by atoms with Crippen LogP contribution >= 0.6 is 11.6 Å². The number of aryl methyl sites for hydroxylation is 2. The molecular weight excluding hydrogens is 289 g/mol. The lowest BCUT2D eigenvalue weighted by Crippen LogP contribution is -2.31. The number of rotatable bonds is 6. The predicted molar refractivity (Wildman–Crippen MR) is 84.3 cm³/mol. The Bertz CT molecular complexity index is 610. The summed E-state index contributed by atoms with van der Waals surface area (Å²) in [7, 11) is 1.91. The molecule has 0 aliphatic rings. The first kappa shape index (κ1) is 16.0. The van der Waals surface area contributed by atoms with E-state index in [0.717, 1.165) is 41.4 Å². The van der Waals surface area contributed by atoms with Crippen LogP contribution in [-0.4, -0.2) is 22.9 Å². The molecule has 3 nitrogen and oxygen atoms in total. The molecule has 1 atom stereocenters. The SMILES string of the molecule is CCn1nc(C)c(Cl)c1CC(Cc1cccc(F)c1)NC. The molecule has 0 radical (unpaired) electrons. The lowest BCUT2D eigenvalue weighted by atomic mass is 10.0. The fourth-order valence-corrected chi connectivity index (χ4v) is 2.73. The Hall–Kier alpha value is -1.39. The highest BCUT2D eigenvalue weighted by Crippen LogP contribution is 2.22. The van der Waals surface area contributed by atoms with Crippen LogP contribution in [0.2, 0.25) is 5.02 Å². The highest BCUT2D eigenvalue weighted by atomic mass is 35.5. The summed E-state index contributed by atoms with van der Waals surface area (Å²) in [4.78, 5) is 0. The molecule has 2 rings (SSSR count). The summed E-state index contributed by atoms with van der Waals surface area (Å²) in [6, 6.07) is 6.91. The predicted octanol–water partition coefficient (Wildman–Crippen LogP) is 3.38. The summed E-state index contributed by atoms with van der Waals surface area (Å²) in [5, 5.41) is 8.45. The third-order valence-electron chi connectivity index (χ3n) is 3.67. The second kappa shape index (κ2) is 7.05. The van der Waals surface area contributed by atoms with E-state index in [9.17, 15) is 4.39 Å². The van der Waals surface area contributed by atoms with E-state index in [0.29, 0.717) is 0 Å². The Morgan fingerprint density at radius 3 is 2.76 bits per heavy atom. The molecule has 5 heteroatoms. The van der Waals surface area contributed by atoms with Crippen LogP contribution in [-0.2, 0) is 19.4 Å². The van der Waals surface area contributed by atoms with Crippen LogP contribution in [0.1, 0.15) is 23.9 Å². The average molecular weight is 310 g/mol. The third kappa shape index (κ3) is 3.83. The molecule has 21 heavy (non-hydrogen) atoms. The van der Waals surface area contributed by atoms with Crippen molar-refractivity contribution < 1.29 is 4.39 Å². The van der Waals surface area contributed by atoms with Crippen LogP contribution < -0.4 is 5.32 Å². The minimum absolute atomic E-state index is 0.186. The summed E-state index contributed by atoms with van der Waals surface area (Å²) in [6.45, 7) is 4.76. The van der Waals surface area contributed by atoms with Crippen molar-refractivity contribution in [1.82, 2.24) is 15.1 Å². The van der Waals surface area contributed by atoms with E-state index in [-0.39, 0.29) is 11.9 Å². The first-order chi connectivity index (χ1) is 10.0. The monoisotopic (exact) mass is 309 g/mol. The summed E-state index contributed by atoms with van der Waals surface area (Å²) in [6.07, 6.45) is 1.51. The summed E-state index contributed by atoms with van der Waals surface area (Å²) < 4.78 is 15.2. The van der Waals surface area contributed by atoms with E-state index in [1.807, 2.05) is 31.6 Å². The zero-order chi connectivity index (χ0) is 15.4. The number of aromatic nitrogens is 2. The Labute approximate surface area is 130 Å². The molecule has 1 aromatic heterocycles. The number of hydrogen-bond acceptors (Lipinski definition) is 2. The topological polar surface area (TPSA) is 29.9 Å². The maximum Gasteiger partial charge on any atom is 0.123 e. The molecule has 0 bridgehead atoms. The first-order valence-electron chi connectivity index (χ1n) is 7.18. The zero-order valence-corrected chi connectivity index (χ0v) is 13.4. The van der Waals surface area contributed by atoms with Gasteiger partial charge in [-0.05, 0) is 45.0 Å². The van der Waals surface area contributed by atoms with Gasteiger partial charge in [0.2, 0.25) is 0 Å². The van der Waals surface area contributed by atoms with Gasteiger partial charge in [-0.15, -0.1) is 0 Å². The van der Waals surface area contributed by atoms with E-state index in [1.165, 1.54) is 6.07 Å². The van der Waals surface area contributed by atoms with Gasteiger partial charge in [-0.2, -0.15) is 5.10 Å². The van der Waals surface area contributed by atoms with Gasteiger partial charge in [-0.3, -0.25) is 4.68 Å². The normalized spacial score (nSPS) is 12.6. The van der Waals surface area contributed by atoms with Gasteiger partial charge < -0.3 is 5.32 Å². The van der Waals surface area contributed by atoms with Crippen LogP contribution in [0, 0.1) is 12.7 Å². The minimum Gasteiger partial charge on any atom is -0.316 e. The van der Waals surface area contributed by atoms with E-state index >= 15 is 0 Å². The van der Waals surface area contributed by atoms with Crippen molar-refractivity contribution in [3.05, 3.63) is 52.1 Å². The van der Waals surface area contributed by atoms with Crippen LogP contribution in [0.4, 0.5) is 4.39 Å². The van der Waals surface area contributed by atoms with Crippen LogP contribution in [0.15, 0.2) is 24.3 Å². The van der Waals surface area contributed by atoms with Crippen molar-refractivity contribution in [3.63, 3.8) is 0 Å². The Morgan fingerprint density at radius 2 is 2.14 bits per heavy atom. The molecule has 114 valence electrons. The molecule has 0 spiro atoms. The summed E-state index contributed by atoms with van der Waals surface area (Å²) >= 11 is 6.35. The zero-order valence-electron chi connectivity index (χ0n) is 12.7. The van der Waals surface area contributed by atoms with E-state index in [4.69, 9.17) is 11.6 Å². The maximum absolute atomic E-state index is 13.3. The van der Waals surface area contributed by atoms with Crippen molar-refractivity contribution in [2.24, 2.45) is 0 Å². The average Bonchev–Trinajstić information content (AvgIpc) is 2.74. The van der Waals surface area contributed by atoms with Gasteiger partial charge in [0.05, 0.1) is 16.4 Å². The second-order valence-electron chi connectivity index (χ2n) is 5.19. The molecule has 0 aliphatic heterocycles. The minimum atomic E-state index is -0.199. The molecule has 0 fully saturated rings. The van der Waals surface area contributed by atoms with Crippen LogP contribution in [0.3, 0.4) is 0 Å².